The highest BCUT2D eigenvalue weighted by Crippen LogP contribution is 2.19. The molecule has 0 N–H and O–H groups in total. The average Bonchev–Trinajstić information content (AvgIpc) is 2.75. The third-order valence-electron chi connectivity index (χ3n) is 5.94. The van der Waals surface area contributed by atoms with Gasteiger partial charge >= 0.3 is 0 Å². The number of benzene rings is 1. The molecule has 2 saturated heterocycles. The van der Waals surface area contributed by atoms with Gasteiger partial charge in [0, 0.05) is 45.4 Å². The van der Waals surface area contributed by atoms with Crippen LogP contribution in [-0.4, -0.2) is 88.0 Å². The predicted molar refractivity (Wildman–Crippen MR) is 115 cm³/mol. The lowest BCUT2D eigenvalue weighted by molar-refractivity contribution is -0.135. The van der Waals surface area contributed by atoms with Gasteiger partial charge in [-0.1, -0.05) is 12.1 Å². The number of hydrogen-bond donors (Lipinski definition) is 0. The van der Waals surface area contributed by atoms with E-state index in [1.807, 2.05) is 4.90 Å². The van der Waals surface area contributed by atoms with Crippen LogP contribution in [0.3, 0.4) is 0 Å². The third kappa shape index (κ3) is 6.03. The number of carbonyl (C=O) groups is 1. The molecule has 168 valence electrons. The molecule has 0 atom stereocenters. The monoisotopic (exact) mass is 438 g/mol. The zero-order valence-electron chi connectivity index (χ0n) is 18.1. The van der Waals surface area contributed by atoms with E-state index in [0.717, 1.165) is 51.3 Å². The van der Waals surface area contributed by atoms with Crippen LogP contribution in [0.1, 0.15) is 32.3 Å². The number of nitrogens with zero attached hydrogens (tertiary/aromatic N) is 2. The number of carbonyl (C=O) groups excluding carboxylic acids is 1. The normalized spacial score (nSPS) is 19.2. The molecular formula is C22H34N2O5S. The quantitative estimate of drug-likeness (QED) is 0.616. The number of amides is 1. The van der Waals surface area contributed by atoms with Crippen LogP contribution in [0.25, 0.3) is 0 Å². The van der Waals surface area contributed by atoms with Gasteiger partial charge in [-0.25, -0.2) is 8.42 Å². The first-order valence-corrected chi connectivity index (χ1v) is 12.4. The van der Waals surface area contributed by atoms with Gasteiger partial charge in [0.05, 0.1) is 29.8 Å². The molecule has 0 bridgehead atoms. The Balaban J connectivity index is 1.65. The maximum atomic E-state index is 13.2. The number of morpholine rings is 1. The van der Waals surface area contributed by atoms with E-state index in [0.29, 0.717) is 24.7 Å². The van der Waals surface area contributed by atoms with E-state index < -0.39 is 15.1 Å². The number of rotatable bonds is 8. The van der Waals surface area contributed by atoms with Gasteiger partial charge in [-0.15, -0.1) is 0 Å². The Labute approximate surface area is 180 Å². The van der Waals surface area contributed by atoms with Crippen molar-refractivity contribution in [3.63, 3.8) is 0 Å². The van der Waals surface area contributed by atoms with Crippen molar-refractivity contribution in [3.8, 4) is 0 Å². The average molecular weight is 439 g/mol. The summed E-state index contributed by atoms with van der Waals surface area (Å²) in [5.74, 6) is 0.0922. The molecule has 0 unspecified atom stereocenters. The Bertz CT molecular complexity index is 782. The molecule has 0 spiro atoms. The van der Waals surface area contributed by atoms with Gasteiger partial charge in [0.2, 0.25) is 5.91 Å². The molecular weight excluding hydrogens is 404 g/mol. The van der Waals surface area contributed by atoms with Crippen molar-refractivity contribution in [2.45, 2.75) is 49.3 Å². The second-order valence-corrected chi connectivity index (χ2v) is 10.8. The first-order valence-electron chi connectivity index (χ1n) is 10.9. The Morgan fingerprint density at radius 1 is 1.07 bits per heavy atom. The first-order chi connectivity index (χ1) is 14.4. The molecule has 7 nitrogen and oxygen atoms in total. The van der Waals surface area contributed by atoms with Crippen molar-refractivity contribution in [1.82, 2.24) is 9.80 Å². The van der Waals surface area contributed by atoms with Crippen molar-refractivity contribution in [2.24, 2.45) is 0 Å². The summed E-state index contributed by atoms with van der Waals surface area (Å²) in [5, 5.41) is -0.464. The van der Waals surface area contributed by atoms with Crippen LogP contribution in [0, 0.1) is 0 Å². The zero-order chi connectivity index (χ0) is 21.6. The fraction of sp³-hybridized carbons (Fsp3) is 0.682. The highest BCUT2D eigenvalue weighted by molar-refractivity contribution is 7.92. The van der Waals surface area contributed by atoms with Crippen LogP contribution in [0.5, 0.6) is 0 Å². The third-order valence-corrected chi connectivity index (χ3v) is 8.11. The van der Waals surface area contributed by atoms with E-state index in [1.54, 1.807) is 38.1 Å². The standard InChI is InChI=1S/C22H34N2O5S/c1-18(2)30(26,27)21-5-3-19(4-6-21)17-22(25)24(20-7-13-28-14-8-20)10-9-23-11-15-29-16-12-23/h3-6,18,20H,7-17H2,1-2H3. The Kier molecular flexibility index (Phi) is 8.27. The summed E-state index contributed by atoms with van der Waals surface area (Å²) in [5.41, 5.74) is 0.839. The van der Waals surface area contributed by atoms with E-state index in [2.05, 4.69) is 4.90 Å². The number of sulfone groups is 1. The molecule has 30 heavy (non-hydrogen) atoms. The molecule has 0 radical (unpaired) electrons. The SMILES string of the molecule is CC(C)S(=O)(=O)c1ccc(CC(=O)N(CCN2CCOCC2)C2CCOCC2)cc1. The van der Waals surface area contributed by atoms with E-state index in [-0.39, 0.29) is 18.4 Å². The van der Waals surface area contributed by atoms with Crippen molar-refractivity contribution >= 4 is 15.7 Å². The second-order valence-electron chi connectivity index (χ2n) is 8.30. The van der Waals surface area contributed by atoms with Gasteiger partial charge in [-0.05, 0) is 44.4 Å². The summed E-state index contributed by atoms with van der Waals surface area (Å²) < 4.78 is 35.5. The zero-order valence-corrected chi connectivity index (χ0v) is 18.9. The van der Waals surface area contributed by atoms with Gasteiger partial charge in [0.1, 0.15) is 0 Å². The summed E-state index contributed by atoms with van der Waals surface area (Å²) in [6, 6.07) is 6.96. The molecule has 2 heterocycles. The molecule has 1 aromatic rings. The predicted octanol–water partition coefficient (Wildman–Crippen LogP) is 1.75. The fourth-order valence-corrected chi connectivity index (χ4v) is 4.99. The fourth-order valence-electron chi connectivity index (χ4n) is 3.93. The molecule has 0 aromatic heterocycles. The molecule has 3 rings (SSSR count). The van der Waals surface area contributed by atoms with Gasteiger partial charge in [0.25, 0.3) is 0 Å². The maximum absolute atomic E-state index is 13.2. The van der Waals surface area contributed by atoms with Gasteiger partial charge in [-0.2, -0.15) is 0 Å². The largest absolute Gasteiger partial charge is 0.381 e. The molecule has 1 aromatic carbocycles. The highest BCUT2D eigenvalue weighted by atomic mass is 32.2. The summed E-state index contributed by atoms with van der Waals surface area (Å²) >= 11 is 0. The molecule has 1 amide bonds. The van der Waals surface area contributed by atoms with E-state index in [4.69, 9.17) is 9.47 Å². The van der Waals surface area contributed by atoms with E-state index in [9.17, 15) is 13.2 Å². The van der Waals surface area contributed by atoms with Crippen molar-refractivity contribution < 1.29 is 22.7 Å². The first kappa shape index (κ1) is 23.2. The summed E-state index contributed by atoms with van der Waals surface area (Å²) in [6.07, 6.45) is 2.00. The lowest BCUT2D eigenvalue weighted by Gasteiger charge is -2.36. The van der Waals surface area contributed by atoms with Crippen molar-refractivity contribution in [3.05, 3.63) is 29.8 Å². The molecule has 0 saturated carbocycles. The Morgan fingerprint density at radius 2 is 1.67 bits per heavy atom. The minimum Gasteiger partial charge on any atom is -0.381 e. The highest BCUT2D eigenvalue weighted by Gasteiger charge is 2.27. The summed E-state index contributed by atoms with van der Waals surface area (Å²) in [6.45, 7) is 9.57. The smallest absolute Gasteiger partial charge is 0.227 e. The van der Waals surface area contributed by atoms with Crippen LogP contribution in [-0.2, 0) is 30.5 Å². The molecule has 0 aliphatic carbocycles. The summed E-state index contributed by atoms with van der Waals surface area (Å²) in [4.78, 5) is 17.9. The topological polar surface area (TPSA) is 76.2 Å². The van der Waals surface area contributed by atoms with Crippen LogP contribution < -0.4 is 0 Å². The van der Waals surface area contributed by atoms with Gasteiger partial charge in [0.15, 0.2) is 9.84 Å². The van der Waals surface area contributed by atoms with Crippen molar-refractivity contribution in [2.75, 3.05) is 52.6 Å². The van der Waals surface area contributed by atoms with Crippen LogP contribution in [0.15, 0.2) is 29.2 Å². The Hall–Kier alpha value is -1.48. The van der Waals surface area contributed by atoms with Crippen LogP contribution >= 0.6 is 0 Å². The van der Waals surface area contributed by atoms with Crippen molar-refractivity contribution in [1.29, 1.82) is 0 Å². The second kappa shape index (κ2) is 10.7. The minimum atomic E-state index is -3.30. The number of hydrogen-bond acceptors (Lipinski definition) is 6. The molecule has 2 aliphatic rings. The molecule has 2 fully saturated rings. The molecule has 2 aliphatic heterocycles. The summed E-state index contributed by atoms with van der Waals surface area (Å²) in [7, 11) is -3.30. The maximum Gasteiger partial charge on any atom is 0.227 e. The minimum absolute atomic E-state index is 0.0922. The lowest BCUT2D eigenvalue weighted by Crippen LogP contribution is -2.49. The number of ether oxygens (including phenoxy) is 2. The van der Waals surface area contributed by atoms with Crippen LogP contribution in [0.4, 0.5) is 0 Å². The van der Waals surface area contributed by atoms with E-state index >= 15 is 0 Å². The van der Waals surface area contributed by atoms with E-state index in [1.165, 1.54) is 0 Å². The van der Waals surface area contributed by atoms with Gasteiger partial charge < -0.3 is 14.4 Å². The van der Waals surface area contributed by atoms with Gasteiger partial charge in [-0.3, -0.25) is 9.69 Å². The Morgan fingerprint density at radius 3 is 2.27 bits per heavy atom. The van der Waals surface area contributed by atoms with Crippen LogP contribution in [0.2, 0.25) is 0 Å². The lowest BCUT2D eigenvalue weighted by atomic mass is 10.0. The molecule has 8 heteroatoms.